The van der Waals surface area contributed by atoms with E-state index in [4.69, 9.17) is 22.1 Å². The number of rotatable bonds is 5. The van der Waals surface area contributed by atoms with E-state index >= 15 is 0 Å². The van der Waals surface area contributed by atoms with Gasteiger partial charge in [0.25, 0.3) is 0 Å². The molecule has 0 aromatic heterocycles. The molecule has 4 nitrogen and oxygen atoms in total. The topological polar surface area (TPSA) is 59.6 Å². The Labute approximate surface area is 135 Å². The molecule has 0 aliphatic carbocycles. The number of nitrogens with one attached hydrogen (secondary N) is 1. The van der Waals surface area contributed by atoms with Gasteiger partial charge in [-0.1, -0.05) is 31.5 Å². The molecule has 0 spiro atoms. The largest absolute Gasteiger partial charge is 0.376 e. The van der Waals surface area contributed by atoms with E-state index in [0.717, 1.165) is 25.0 Å². The van der Waals surface area contributed by atoms with Crippen LogP contribution in [-0.2, 0) is 10.2 Å². The molecule has 1 aromatic rings. The first kappa shape index (κ1) is 17.0. The minimum absolute atomic E-state index is 0.216. The summed E-state index contributed by atoms with van der Waals surface area (Å²) in [6.07, 6.45) is 2.37. The van der Waals surface area contributed by atoms with Crippen molar-refractivity contribution in [2.24, 2.45) is 10.7 Å². The highest BCUT2D eigenvalue weighted by Crippen LogP contribution is 2.30. The number of benzene rings is 1. The minimum Gasteiger partial charge on any atom is -0.376 e. The van der Waals surface area contributed by atoms with Crippen molar-refractivity contribution in [1.82, 2.24) is 5.32 Å². The van der Waals surface area contributed by atoms with E-state index in [1.54, 1.807) is 6.07 Å². The summed E-state index contributed by atoms with van der Waals surface area (Å²) in [7, 11) is 0. The zero-order chi connectivity index (χ0) is 16.2. The average molecular weight is 328 g/mol. The van der Waals surface area contributed by atoms with Crippen LogP contribution in [0.3, 0.4) is 0 Å². The van der Waals surface area contributed by atoms with Gasteiger partial charge in [0, 0.05) is 23.6 Å². The standard InChI is InChI=1S/C16H23ClFN3O/c1-16(2,13-6-5-11(18)8-14(13)17)10-21-15(19)20-9-12-4-3-7-22-12/h5-6,8,12H,3-4,7,9-10H2,1-2H3,(H3,19,20,21). The summed E-state index contributed by atoms with van der Waals surface area (Å²) in [5, 5.41) is 3.49. The Bertz CT molecular complexity index is 542. The van der Waals surface area contributed by atoms with E-state index < -0.39 is 0 Å². The molecule has 1 saturated heterocycles. The van der Waals surface area contributed by atoms with Crippen molar-refractivity contribution in [3.8, 4) is 0 Å². The third kappa shape index (κ3) is 4.58. The van der Waals surface area contributed by atoms with Gasteiger partial charge in [0.05, 0.1) is 12.6 Å². The van der Waals surface area contributed by atoms with Gasteiger partial charge in [-0.25, -0.2) is 4.39 Å². The van der Waals surface area contributed by atoms with Crippen molar-refractivity contribution >= 4 is 17.6 Å². The quantitative estimate of drug-likeness (QED) is 0.646. The maximum atomic E-state index is 13.1. The van der Waals surface area contributed by atoms with Crippen molar-refractivity contribution in [1.29, 1.82) is 0 Å². The van der Waals surface area contributed by atoms with Gasteiger partial charge < -0.3 is 15.8 Å². The molecule has 1 unspecified atom stereocenters. The second-order valence-corrected chi connectivity index (χ2v) is 6.63. The van der Waals surface area contributed by atoms with E-state index in [1.165, 1.54) is 12.1 Å². The van der Waals surface area contributed by atoms with E-state index in [1.807, 2.05) is 13.8 Å². The summed E-state index contributed by atoms with van der Waals surface area (Å²) in [5.41, 5.74) is 6.41. The van der Waals surface area contributed by atoms with Crippen LogP contribution in [0.5, 0.6) is 0 Å². The Hall–Kier alpha value is -1.33. The third-order valence-electron chi connectivity index (χ3n) is 3.84. The van der Waals surface area contributed by atoms with Crippen LogP contribution < -0.4 is 11.1 Å². The summed E-state index contributed by atoms with van der Waals surface area (Å²) in [6.45, 7) is 5.96. The van der Waals surface area contributed by atoms with Crippen LogP contribution >= 0.6 is 11.6 Å². The van der Waals surface area contributed by atoms with Crippen molar-refractivity contribution in [3.05, 3.63) is 34.6 Å². The number of hydrogen-bond acceptors (Lipinski definition) is 2. The molecule has 1 atom stereocenters. The van der Waals surface area contributed by atoms with E-state index in [2.05, 4.69) is 10.3 Å². The molecular formula is C16H23ClFN3O. The van der Waals surface area contributed by atoms with Gasteiger partial charge >= 0.3 is 0 Å². The average Bonchev–Trinajstić information content (AvgIpc) is 2.96. The Morgan fingerprint density at radius 2 is 2.32 bits per heavy atom. The third-order valence-corrected chi connectivity index (χ3v) is 4.15. The van der Waals surface area contributed by atoms with Crippen LogP contribution in [0.1, 0.15) is 32.3 Å². The molecule has 1 aromatic carbocycles. The number of hydrogen-bond donors (Lipinski definition) is 2. The van der Waals surface area contributed by atoms with E-state index in [0.29, 0.717) is 24.1 Å². The Kier molecular flexibility index (Phi) is 5.64. The second kappa shape index (κ2) is 7.29. The second-order valence-electron chi connectivity index (χ2n) is 6.23. The lowest BCUT2D eigenvalue weighted by molar-refractivity contribution is 0.114. The number of nitrogens with two attached hydrogens (primary N) is 1. The monoisotopic (exact) mass is 327 g/mol. The first-order valence-electron chi connectivity index (χ1n) is 7.49. The van der Waals surface area contributed by atoms with Crippen LogP contribution in [0.2, 0.25) is 5.02 Å². The molecule has 3 N–H and O–H groups in total. The lowest BCUT2D eigenvalue weighted by atomic mass is 9.84. The summed E-state index contributed by atoms with van der Waals surface area (Å²) < 4.78 is 18.7. The Balaban J connectivity index is 1.93. The molecule has 1 heterocycles. The van der Waals surface area contributed by atoms with Crippen molar-refractivity contribution in [2.75, 3.05) is 19.7 Å². The van der Waals surface area contributed by atoms with Crippen LogP contribution in [0, 0.1) is 5.82 Å². The smallest absolute Gasteiger partial charge is 0.188 e. The van der Waals surface area contributed by atoms with Crippen molar-refractivity contribution in [3.63, 3.8) is 0 Å². The Morgan fingerprint density at radius 3 is 2.95 bits per heavy atom. The first-order chi connectivity index (χ1) is 10.4. The zero-order valence-electron chi connectivity index (χ0n) is 13.0. The molecule has 122 valence electrons. The number of ether oxygens (including phenoxy) is 1. The number of aliphatic imine (C=N–C) groups is 1. The van der Waals surface area contributed by atoms with Crippen molar-refractivity contribution < 1.29 is 9.13 Å². The molecule has 1 aliphatic heterocycles. The van der Waals surface area contributed by atoms with E-state index in [-0.39, 0.29) is 17.3 Å². The highest BCUT2D eigenvalue weighted by Gasteiger charge is 2.23. The zero-order valence-corrected chi connectivity index (χ0v) is 13.8. The van der Waals surface area contributed by atoms with Gasteiger partial charge in [0.15, 0.2) is 5.96 Å². The normalized spacial score (nSPS) is 19.5. The minimum atomic E-state index is -0.342. The highest BCUT2D eigenvalue weighted by molar-refractivity contribution is 6.31. The Morgan fingerprint density at radius 1 is 1.55 bits per heavy atom. The maximum Gasteiger partial charge on any atom is 0.188 e. The number of halogens is 2. The lowest BCUT2D eigenvalue weighted by Crippen LogP contribution is -2.38. The van der Waals surface area contributed by atoms with E-state index in [9.17, 15) is 4.39 Å². The molecule has 1 aliphatic rings. The summed E-state index contributed by atoms with van der Waals surface area (Å²) in [6, 6.07) is 4.43. The van der Waals surface area contributed by atoms with Gasteiger partial charge in [-0.15, -0.1) is 0 Å². The predicted molar refractivity (Wildman–Crippen MR) is 87.9 cm³/mol. The van der Waals surface area contributed by atoms with Gasteiger partial charge in [-0.05, 0) is 30.5 Å². The molecule has 6 heteroatoms. The maximum absolute atomic E-state index is 13.1. The fraction of sp³-hybridized carbons (Fsp3) is 0.562. The fourth-order valence-electron chi connectivity index (χ4n) is 2.49. The molecule has 0 radical (unpaired) electrons. The van der Waals surface area contributed by atoms with Crippen molar-refractivity contribution in [2.45, 2.75) is 38.2 Å². The molecule has 0 saturated carbocycles. The SMILES string of the molecule is CC(C)(CN=C(N)NCC1CCCO1)c1ccc(F)cc1Cl. The highest BCUT2D eigenvalue weighted by atomic mass is 35.5. The first-order valence-corrected chi connectivity index (χ1v) is 7.87. The fourth-order valence-corrected chi connectivity index (χ4v) is 2.91. The number of nitrogens with zero attached hydrogens (tertiary/aromatic N) is 1. The van der Waals surface area contributed by atoms with Gasteiger partial charge in [-0.2, -0.15) is 0 Å². The molecular weight excluding hydrogens is 305 g/mol. The molecule has 1 fully saturated rings. The van der Waals surface area contributed by atoms with Crippen LogP contribution in [0.25, 0.3) is 0 Å². The number of guanidine groups is 1. The summed E-state index contributed by atoms with van der Waals surface area (Å²) in [5.74, 6) is 0.0487. The van der Waals surface area contributed by atoms with Crippen LogP contribution in [0.4, 0.5) is 4.39 Å². The molecule has 2 rings (SSSR count). The summed E-state index contributed by atoms with van der Waals surface area (Å²) in [4.78, 5) is 4.37. The predicted octanol–water partition coefficient (Wildman–Crippen LogP) is 2.84. The van der Waals surface area contributed by atoms with Crippen LogP contribution in [-0.4, -0.2) is 31.8 Å². The molecule has 0 bridgehead atoms. The summed E-state index contributed by atoms with van der Waals surface area (Å²) >= 11 is 6.12. The molecule has 22 heavy (non-hydrogen) atoms. The lowest BCUT2D eigenvalue weighted by Gasteiger charge is -2.24. The van der Waals surface area contributed by atoms with Crippen LogP contribution in [0.15, 0.2) is 23.2 Å². The van der Waals surface area contributed by atoms with Gasteiger partial charge in [0.2, 0.25) is 0 Å². The van der Waals surface area contributed by atoms with Gasteiger partial charge in [0.1, 0.15) is 5.82 Å². The van der Waals surface area contributed by atoms with Gasteiger partial charge in [-0.3, -0.25) is 4.99 Å². The molecule has 0 amide bonds.